The van der Waals surface area contributed by atoms with Crippen LogP contribution in [0, 0.1) is 10.1 Å². The zero-order valence-corrected chi connectivity index (χ0v) is 22.1. The van der Waals surface area contributed by atoms with Gasteiger partial charge in [0, 0.05) is 56.9 Å². The molecule has 3 aliphatic rings. The van der Waals surface area contributed by atoms with Crippen molar-refractivity contribution in [1.82, 2.24) is 9.80 Å². The van der Waals surface area contributed by atoms with Gasteiger partial charge in [0.1, 0.15) is 24.0 Å². The standard InChI is InChI=1S/C28H33F3N4O5/c29-28(30,31)24-16-21(7-10-25(24)35(37)38)32-20-5-8-22(9-6-20)39-18-27(36)34-13-11-33(12-14-34)17-23-15-19-3-1-2-4-26(19)40-23/h1-4,7,10,16,20,22-23,32H,5-6,8-9,11-15,17-18H2. The SMILES string of the molecule is O=C(COC1CCC(Nc2ccc([N+](=O)[O-])c(C(F)(F)F)c2)CC1)N1CCN(CC2Cc3ccccc3O2)CC1. The molecule has 1 atom stereocenters. The molecule has 1 unspecified atom stereocenters. The van der Waals surface area contributed by atoms with Crippen LogP contribution in [-0.2, 0) is 22.1 Å². The number of rotatable bonds is 8. The molecule has 1 aliphatic carbocycles. The number of halogens is 3. The lowest BCUT2D eigenvalue weighted by molar-refractivity contribution is -0.388. The van der Waals surface area contributed by atoms with Gasteiger partial charge in [0.05, 0.1) is 11.0 Å². The Bertz CT molecular complexity index is 1190. The molecule has 12 heteroatoms. The monoisotopic (exact) mass is 562 g/mol. The molecule has 0 radical (unpaired) electrons. The molecule has 2 aromatic carbocycles. The largest absolute Gasteiger partial charge is 0.488 e. The van der Waals surface area contributed by atoms with E-state index in [1.54, 1.807) is 0 Å². The van der Waals surface area contributed by atoms with Gasteiger partial charge in [0.2, 0.25) is 5.91 Å². The second-order valence-corrected chi connectivity index (χ2v) is 10.6. The predicted molar refractivity (Wildman–Crippen MR) is 141 cm³/mol. The van der Waals surface area contributed by atoms with E-state index in [-0.39, 0.29) is 36.5 Å². The van der Waals surface area contributed by atoms with Gasteiger partial charge >= 0.3 is 6.18 Å². The number of amides is 1. The van der Waals surface area contributed by atoms with Crippen molar-refractivity contribution in [2.24, 2.45) is 0 Å². The number of benzene rings is 2. The molecule has 2 aromatic rings. The highest BCUT2D eigenvalue weighted by Crippen LogP contribution is 2.38. The Morgan fingerprint density at radius 3 is 2.48 bits per heavy atom. The van der Waals surface area contributed by atoms with Crippen LogP contribution in [0.15, 0.2) is 42.5 Å². The molecule has 5 rings (SSSR count). The van der Waals surface area contributed by atoms with E-state index in [0.29, 0.717) is 38.8 Å². The number of carbonyl (C=O) groups excluding carboxylic acids is 1. The molecular weight excluding hydrogens is 529 g/mol. The highest BCUT2D eigenvalue weighted by Gasteiger charge is 2.38. The number of hydrogen-bond donors (Lipinski definition) is 1. The maximum Gasteiger partial charge on any atom is 0.423 e. The fourth-order valence-corrected chi connectivity index (χ4v) is 5.73. The fraction of sp³-hybridized carbons (Fsp3) is 0.536. The van der Waals surface area contributed by atoms with E-state index in [4.69, 9.17) is 9.47 Å². The predicted octanol–water partition coefficient (Wildman–Crippen LogP) is 4.50. The average molecular weight is 563 g/mol. The van der Waals surface area contributed by atoms with Crippen LogP contribution in [0.5, 0.6) is 5.75 Å². The second-order valence-electron chi connectivity index (χ2n) is 10.6. The Morgan fingerprint density at radius 1 is 1.07 bits per heavy atom. The summed E-state index contributed by atoms with van der Waals surface area (Å²) in [5, 5.41) is 14.0. The quantitative estimate of drug-likeness (QED) is 0.374. The third-order valence-electron chi connectivity index (χ3n) is 7.89. The van der Waals surface area contributed by atoms with Crippen molar-refractivity contribution < 1.29 is 32.4 Å². The number of nitro groups is 1. The molecular formula is C28H33F3N4O5. The van der Waals surface area contributed by atoms with Gasteiger partial charge < -0.3 is 19.7 Å². The summed E-state index contributed by atoms with van der Waals surface area (Å²) >= 11 is 0. The van der Waals surface area contributed by atoms with E-state index in [1.165, 1.54) is 11.6 Å². The van der Waals surface area contributed by atoms with E-state index in [1.807, 2.05) is 23.1 Å². The molecule has 0 bridgehead atoms. The van der Waals surface area contributed by atoms with E-state index >= 15 is 0 Å². The number of fused-ring (bicyclic) bond motifs is 1. The molecule has 9 nitrogen and oxygen atoms in total. The Kier molecular flexibility index (Phi) is 8.46. The number of para-hydroxylation sites is 1. The van der Waals surface area contributed by atoms with E-state index < -0.39 is 22.4 Å². The number of nitrogens with zero attached hydrogens (tertiary/aromatic N) is 3. The van der Waals surface area contributed by atoms with Crippen LogP contribution >= 0.6 is 0 Å². The minimum atomic E-state index is -4.82. The lowest BCUT2D eigenvalue weighted by atomic mass is 9.92. The Balaban J connectivity index is 1.00. The van der Waals surface area contributed by atoms with E-state index in [0.717, 1.165) is 43.9 Å². The first-order chi connectivity index (χ1) is 19.2. The number of nitrogens with one attached hydrogen (secondary N) is 1. The topological polar surface area (TPSA) is 97.2 Å². The highest BCUT2D eigenvalue weighted by molar-refractivity contribution is 5.77. The summed E-state index contributed by atoms with van der Waals surface area (Å²) in [6.07, 6.45) is -1.22. The maximum atomic E-state index is 13.3. The lowest BCUT2D eigenvalue weighted by Gasteiger charge is -2.36. The molecule has 2 aliphatic heterocycles. The van der Waals surface area contributed by atoms with Gasteiger partial charge in [-0.05, 0) is 49.4 Å². The van der Waals surface area contributed by atoms with Crippen molar-refractivity contribution in [2.75, 3.05) is 44.6 Å². The zero-order valence-electron chi connectivity index (χ0n) is 22.1. The first-order valence-corrected chi connectivity index (χ1v) is 13.6. The summed E-state index contributed by atoms with van der Waals surface area (Å²) in [4.78, 5) is 26.8. The summed E-state index contributed by atoms with van der Waals surface area (Å²) in [7, 11) is 0. The average Bonchev–Trinajstić information content (AvgIpc) is 3.34. The number of carbonyl (C=O) groups is 1. The van der Waals surface area contributed by atoms with E-state index in [2.05, 4.69) is 16.3 Å². The molecule has 1 saturated heterocycles. The van der Waals surface area contributed by atoms with Gasteiger partial charge in [-0.2, -0.15) is 13.2 Å². The lowest BCUT2D eigenvalue weighted by Crippen LogP contribution is -2.51. The van der Waals surface area contributed by atoms with Crippen molar-refractivity contribution in [1.29, 1.82) is 0 Å². The van der Waals surface area contributed by atoms with Crippen molar-refractivity contribution >= 4 is 17.3 Å². The normalized spacial score (nSPS) is 23.4. The van der Waals surface area contributed by atoms with Crippen LogP contribution in [0.2, 0.25) is 0 Å². The number of nitro benzene ring substituents is 1. The van der Waals surface area contributed by atoms with Gasteiger partial charge in [0.25, 0.3) is 5.69 Å². The molecule has 2 fully saturated rings. The highest BCUT2D eigenvalue weighted by atomic mass is 19.4. The molecule has 1 saturated carbocycles. The van der Waals surface area contributed by atoms with Gasteiger partial charge in [-0.1, -0.05) is 18.2 Å². The Hall–Kier alpha value is -3.38. The van der Waals surface area contributed by atoms with Crippen LogP contribution in [0.3, 0.4) is 0 Å². The third kappa shape index (κ3) is 6.84. The molecule has 2 heterocycles. The molecule has 216 valence electrons. The summed E-state index contributed by atoms with van der Waals surface area (Å²) in [5.74, 6) is 0.931. The minimum absolute atomic E-state index is 0.0150. The van der Waals surface area contributed by atoms with Crippen molar-refractivity contribution in [2.45, 2.75) is 56.5 Å². The van der Waals surface area contributed by atoms with Crippen LogP contribution in [0.4, 0.5) is 24.5 Å². The molecule has 1 amide bonds. The zero-order chi connectivity index (χ0) is 28.3. The minimum Gasteiger partial charge on any atom is -0.488 e. The van der Waals surface area contributed by atoms with Crippen LogP contribution in [0.1, 0.15) is 36.8 Å². The van der Waals surface area contributed by atoms with Crippen LogP contribution in [0.25, 0.3) is 0 Å². The number of anilines is 1. The smallest absolute Gasteiger partial charge is 0.423 e. The maximum absolute atomic E-state index is 13.3. The second kappa shape index (κ2) is 12.0. The van der Waals surface area contributed by atoms with Gasteiger partial charge in [0.15, 0.2) is 0 Å². The number of piperazine rings is 1. The van der Waals surface area contributed by atoms with Crippen molar-refractivity contribution in [3.63, 3.8) is 0 Å². The number of ether oxygens (including phenoxy) is 2. The van der Waals surface area contributed by atoms with Gasteiger partial charge in [-0.3, -0.25) is 19.8 Å². The van der Waals surface area contributed by atoms with Crippen LogP contribution < -0.4 is 10.1 Å². The summed E-state index contributed by atoms with van der Waals surface area (Å²) in [6.45, 7) is 3.72. The first kappa shape index (κ1) is 28.2. The first-order valence-electron chi connectivity index (χ1n) is 13.6. The number of alkyl halides is 3. The molecule has 0 aromatic heterocycles. The van der Waals surface area contributed by atoms with Crippen molar-refractivity contribution in [3.05, 3.63) is 63.7 Å². The van der Waals surface area contributed by atoms with E-state index in [9.17, 15) is 28.1 Å². The summed E-state index contributed by atoms with van der Waals surface area (Å²) < 4.78 is 51.7. The van der Waals surface area contributed by atoms with Gasteiger partial charge in [-0.25, -0.2) is 0 Å². The van der Waals surface area contributed by atoms with Crippen LogP contribution in [-0.4, -0.2) is 78.2 Å². The molecule has 40 heavy (non-hydrogen) atoms. The van der Waals surface area contributed by atoms with Gasteiger partial charge in [-0.15, -0.1) is 0 Å². The fourth-order valence-electron chi connectivity index (χ4n) is 5.73. The van der Waals surface area contributed by atoms with Crippen molar-refractivity contribution in [3.8, 4) is 5.75 Å². The number of hydrogen-bond acceptors (Lipinski definition) is 7. The summed E-state index contributed by atoms with van der Waals surface area (Å²) in [6, 6.07) is 11.0. The summed E-state index contributed by atoms with van der Waals surface area (Å²) in [5.41, 5.74) is -0.794. The third-order valence-corrected chi connectivity index (χ3v) is 7.89. The Morgan fingerprint density at radius 2 is 1.80 bits per heavy atom. The molecule has 1 N–H and O–H groups in total. The Labute approximate surface area is 230 Å². The molecule has 0 spiro atoms.